The highest BCUT2D eigenvalue weighted by Gasteiger charge is 2.25. The maximum Gasteiger partial charge on any atom is 0.336 e. The van der Waals surface area contributed by atoms with E-state index in [9.17, 15) is 80.7 Å². The van der Waals surface area contributed by atoms with Gasteiger partial charge in [0.05, 0.1) is 42.5 Å². The standard InChI is InChI=1S/C16H20N2O2S.C14H15FN2O2S.C11H14N4O2S.C9H13NO2S.C6H14OS.C5H10F2O2S.C5H11FO2S.C5H12O2S/c1-11(2)18-21(19,20)16-7-5-14(6-8-16)15-9-12(3)17-13(4)10-15;1-10(2)17-20(18,19)13-5-3-11(4-6-13)12-7-8-16-14(15)9-12;1-9(2)14-18(16,17)11-5-3-10(4-6-11)15-8-12-7-13-15;1-8(2)10-13(11,12)9-6-4-3-5-7-9;1-6(2)5-8(3,4)7;1-4(2)3-10(8,9)5(6)7;1-5(2)3-9(7,8)4-6;1-5(2)4-8(3,6)7/h5-11,18H,1-4H3;3-10,17H,1-2H3;3-9,14H,1-2H3;3-8,10H,1-2H3;6H,3,5H2,1-2,4H3;4-5H,3H2,1-2H3;5H,3-4H2,1-2H3;5H,4H2,1-3H3. The lowest BCUT2D eigenvalue weighted by molar-refractivity contribution is 0.234. The van der Waals surface area contributed by atoms with Gasteiger partial charge in [-0.25, -0.2) is 96.9 Å². The lowest BCUT2D eigenvalue weighted by atomic mass is 10.1. The molecule has 0 aliphatic heterocycles. The van der Waals surface area contributed by atoms with Gasteiger partial charge in [-0.1, -0.05) is 97.9 Å². The molecule has 4 aromatic carbocycles. The van der Waals surface area contributed by atoms with Crippen molar-refractivity contribution in [3.05, 3.63) is 164 Å². The van der Waals surface area contributed by atoms with Crippen LogP contribution in [0.2, 0.25) is 0 Å². The van der Waals surface area contributed by atoms with Gasteiger partial charge in [0.15, 0.2) is 15.8 Å². The van der Waals surface area contributed by atoms with Crippen LogP contribution in [0.15, 0.2) is 166 Å². The number of nitrogens with one attached hydrogen (secondary N) is 4. The Balaban J connectivity index is 0.00000123. The van der Waals surface area contributed by atoms with Gasteiger partial charge in [0.1, 0.15) is 22.5 Å². The summed E-state index contributed by atoms with van der Waals surface area (Å²) in [4.78, 5) is 12.7. The number of nitrogens with zero attached hydrogens (tertiary/aromatic N) is 5. The molecule has 0 aliphatic rings. The number of sulfonamides is 4. The molecule has 7 rings (SSSR count). The van der Waals surface area contributed by atoms with E-state index in [1.165, 1.54) is 37.0 Å². The van der Waals surface area contributed by atoms with Crippen molar-refractivity contribution >= 4 is 85.0 Å². The molecule has 107 heavy (non-hydrogen) atoms. The third kappa shape index (κ3) is 44.7. The lowest BCUT2D eigenvalue weighted by Gasteiger charge is -2.10. The van der Waals surface area contributed by atoms with Crippen LogP contribution < -0.4 is 18.9 Å². The minimum absolute atomic E-state index is 0.0192. The molecule has 0 radical (unpaired) electrons. The predicted molar refractivity (Wildman–Crippen MR) is 423 cm³/mol. The largest absolute Gasteiger partial charge is 0.336 e. The number of rotatable bonds is 25. The van der Waals surface area contributed by atoms with E-state index in [4.69, 9.17) is 0 Å². The summed E-state index contributed by atoms with van der Waals surface area (Å²) in [6.07, 6.45) is 7.30. The van der Waals surface area contributed by atoms with Crippen molar-refractivity contribution in [2.24, 2.45) is 23.7 Å². The predicted octanol–water partition coefficient (Wildman–Crippen LogP) is 11.9. The van der Waals surface area contributed by atoms with Crippen LogP contribution >= 0.6 is 0 Å². The Morgan fingerprint density at radius 1 is 0.439 bits per heavy atom. The van der Waals surface area contributed by atoms with Gasteiger partial charge in [-0.05, 0) is 209 Å². The van der Waals surface area contributed by atoms with Crippen LogP contribution in [0.3, 0.4) is 0 Å². The Kier molecular flexibility index (Phi) is 43.5. The van der Waals surface area contributed by atoms with Gasteiger partial charge in [0.25, 0.3) is 0 Å². The average molecular weight is 1660 g/mol. The van der Waals surface area contributed by atoms with Crippen LogP contribution in [0.1, 0.15) is 122 Å². The molecule has 1 unspecified atom stereocenters. The van der Waals surface area contributed by atoms with Gasteiger partial charge in [-0.3, -0.25) is 9.19 Å². The second-order valence-electron chi connectivity index (χ2n) is 27.4. The van der Waals surface area contributed by atoms with E-state index < -0.39 is 103 Å². The average Bonchev–Trinajstić information content (AvgIpc) is 1.38. The van der Waals surface area contributed by atoms with Crippen molar-refractivity contribution in [2.75, 3.05) is 41.5 Å². The van der Waals surface area contributed by atoms with Crippen molar-refractivity contribution in [1.82, 2.24) is 43.6 Å². The summed E-state index contributed by atoms with van der Waals surface area (Å²) < 4.78 is 228. The van der Waals surface area contributed by atoms with Crippen molar-refractivity contribution in [1.29, 1.82) is 0 Å². The number of alkyl halides is 3. The first-order valence-electron chi connectivity index (χ1n) is 33.4. The Bertz CT molecular complexity index is 4680. The number of aryl methyl sites for hydroxylation is 2. The Morgan fingerprint density at radius 3 is 1.06 bits per heavy atom. The van der Waals surface area contributed by atoms with Crippen LogP contribution in [-0.4, -0.2) is 165 Å². The summed E-state index contributed by atoms with van der Waals surface area (Å²) in [6.45, 7) is 32.7. The van der Waals surface area contributed by atoms with E-state index in [-0.39, 0.29) is 62.4 Å². The molecule has 0 spiro atoms. The monoisotopic (exact) mass is 1660 g/mol. The van der Waals surface area contributed by atoms with Crippen LogP contribution in [0, 0.1) is 43.5 Å². The minimum atomic E-state index is -4.13. The fourth-order valence-electron chi connectivity index (χ4n) is 8.87. The van der Waals surface area contributed by atoms with E-state index in [0.29, 0.717) is 22.1 Å². The zero-order valence-corrected chi connectivity index (χ0v) is 71.0. The molecule has 0 aliphatic carbocycles. The third-order valence-electron chi connectivity index (χ3n) is 12.2. The fourth-order valence-corrected chi connectivity index (χ4v) is 18.7. The SMILES string of the molecule is C=S(C)(=O)CC(C)C.CC(C)CS(=O)(=O)C(F)F.CC(C)CS(=O)(=O)CF.CC(C)CS(C)(=O)=O.CC(C)NS(=O)(=O)c1ccc(-c2ccnc(F)c2)cc1.CC(C)NS(=O)(=O)c1ccc(-n2cncn2)cc1.CC(C)NS(=O)(=O)c1ccccc1.Cc1cc(-c2ccc(S(=O)(=O)NC(C)C)cc2)cc(C)n1. The zero-order valence-electron chi connectivity index (χ0n) is 64.4. The molecule has 7 aromatic rings. The van der Waals surface area contributed by atoms with E-state index in [1.807, 2.05) is 65.8 Å². The van der Waals surface area contributed by atoms with Gasteiger partial charge in [-0.15, -0.1) is 0 Å². The number of hydrogen-bond acceptors (Lipinski definition) is 19. The summed E-state index contributed by atoms with van der Waals surface area (Å²) >= 11 is 0. The normalized spacial score (nSPS) is 12.6. The summed E-state index contributed by atoms with van der Waals surface area (Å²) in [5, 5.41) is 3.97. The number of hydrogen-bond donors (Lipinski definition) is 4. The minimum Gasteiger partial charge on any atom is -0.268 e. The molecule has 0 saturated carbocycles. The smallest absolute Gasteiger partial charge is 0.268 e. The summed E-state index contributed by atoms with van der Waals surface area (Å²) in [7, 11) is -25.7. The first kappa shape index (κ1) is 101. The van der Waals surface area contributed by atoms with Crippen molar-refractivity contribution < 1.29 is 80.7 Å². The van der Waals surface area contributed by atoms with Gasteiger partial charge in [-0.2, -0.15) is 18.3 Å². The van der Waals surface area contributed by atoms with Gasteiger partial charge < -0.3 is 0 Å². The summed E-state index contributed by atoms with van der Waals surface area (Å²) in [5.41, 5.74) is 6.06. The molecular formula is C71H109F4N9O15S8. The van der Waals surface area contributed by atoms with E-state index >= 15 is 0 Å². The Morgan fingerprint density at radius 2 is 0.794 bits per heavy atom. The summed E-state index contributed by atoms with van der Waals surface area (Å²) in [5.74, 6) is 0.834. The first-order valence-corrected chi connectivity index (χ1v) is 47.3. The Hall–Kier alpha value is -6.45. The van der Waals surface area contributed by atoms with Crippen molar-refractivity contribution in [3.8, 4) is 27.9 Å². The molecule has 0 bridgehead atoms. The second-order valence-corrected chi connectivity index (χ2v) is 43.2. The highest BCUT2D eigenvalue weighted by atomic mass is 32.2. The maximum atomic E-state index is 13.0. The molecule has 0 fully saturated rings. The molecular weight excluding hydrogens is 1550 g/mol. The van der Waals surface area contributed by atoms with Crippen molar-refractivity contribution in [3.63, 3.8) is 0 Å². The van der Waals surface area contributed by atoms with Crippen LogP contribution in [-0.2, 0) is 79.1 Å². The molecule has 36 heteroatoms. The zero-order chi connectivity index (χ0) is 82.9. The van der Waals surface area contributed by atoms with Gasteiger partial charge in [0.2, 0.25) is 55.9 Å². The molecule has 0 saturated heterocycles. The molecule has 24 nitrogen and oxygen atoms in total. The number of sulfone groups is 3. The summed E-state index contributed by atoms with van der Waals surface area (Å²) in [6, 6.07) is 33.2. The first-order chi connectivity index (χ1) is 48.8. The van der Waals surface area contributed by atoms with Crippen molar-refractivity contribution in [2.45, 2.75) is 174 Å². The highest BCUT2D eigenvalue weighted by molar-refractivity contribution is 7.99. The van der Waals surface area contributed by atoms with Crippen LogP contribution in [0.4, 0.5) is 17.6 Å². The molecule has 604 valence electrons. The third-order valence-corrected chi connectivity index (χ3v) is 24.7. The fraction of sp³-hybridized carbons (Fsp3) is 0.479. The van der Waals surface area contributed by atoms with Gasteiger partial charge in [0, 0.05) is 66.1 Å². The topological polar surface area (TPSA) is 361 Å². The second kappa shape index (κ2) is 46.3. The molecule has 0 amide bonds. The molecule has 1 atom stereocenters. The lowest BCUT2D eigenvalue weighted by Crippen LogP contribution is -2.30. The van der Waals surface area contributed by atoms with E-state index in [0.717, 1.165) is 39.5 Å². The quantitative estimate of drug-likeness (QED) is 0.0235. The maximum absolute atomic E-state index is 13.0. The Labute approximate surface area is 635 Å². The highest BCUT2D eigenvalue weighted by Crippen LogP contribution is 2.24. The van der Waals surface area contributed by atoms with E-state index in [2.05, 4.69) is 44.8 Å². The number of aromatic nitrogens is 5. The van der Waals surface area contributed by atoms with Crippen LogP contribution in [0.5, 0.6) is 0 Å². The molecule has 4 N–H and O–H groups in total. The number of benzene rings is 4. The molecule has 3 aromatic heterocycles. The molecule has 3 heterocycles. The van der Waals surface area contributed by atoms with E-state index in [1.54, 1.807) is 185 Å². The number of halogens is 4. The van der Waals surface area contributed by atoms with Gasteiger partial charge >= 0.3 is 5.76 Å². The number of pyridine rings is 2. The van der Waals surface area contributed by atoms with Crippen LogP contribution in [0.25, 0.3) is 27.9 Å².